The summed E-state index contributed by atoms with van der Waals surface area (Å²) in [5, 5.41) is 9.64. The van der Waals surface area contributed by atoms with Gasteiger partial charge in [0.1, 0.15) is 6.61 Å². The largest absolute Gasteiger partial charge is 0.477 e. The van der Waals surface area contributed by atoms with Crippen molar-refractivity contribution in [3.63, 3.8) is 0 Å². The molecule has 0 aromatic heterocycles. The number of ether oxygens (including phenoxy) is 3. The molecular weight excluding hydrogens is 763 g/mol. The molecule has 0 spiro atoms. The van der Waals surface area contributed by atoms with Crippen LogP contribution >= 0.6 is 0 Å². The number of carbonyl (C=O) groups is 3. The van der Waals surface area contributed by atoms with E-state index in [0.717, 1.165) is 70.6 Å². The fourth-order valence-electron chi connectivity index (χ4n) is 7.34. The minimum atomic E-state index is -0.877. The Balaban J connectivity index is 4.25. The van der Waals surface area contributed by atoms with E-state index >= 15 is 0 Å². The molecule has 0 radical (unpaired) electrons. The summed E-state index contributed by atoms with van der Waals surface area (Å²) in [5.74, 6) is -1.48. The number of unbranched alkanes of at least 4 members (excludes halogenated alkanes) is 23. The highest BCUT2D eigenvalue weighted by molar-refractivity contribution is 5.72. The molecule has 0 aliphatic heterocycles. The molecule has 0 aliphatic carbocycles. The maximum Gasteiger partial charge on any atom is 0.362 e. The lowest BCUT2D eigenvalue weighted by molar-refractivity contribution is -0.887. The lowest BCUT2D eigenvalue weighted by Crippen LogP contribution is -2.50. The fourth-order valence-corrected chi connectivity index (χ4v) is 7.34. The number of carboxylic acid groups (broad SMARTS) is 1. The van der Waals surface area contributed by atoms with Gasteiger partial charge in [-0.2, -0.15) is 0 Å². The van der Waals surface area contributed by atoms with Gasteiger partial charge in [0.2, 0.25) is 0 Å². The molecule has 8 nitrogen and oxygen atoms in total. The molecule has 61 heavy (non-hydrogen) atoms. The number of carbonyl (C=O) groups excluding carboxylic acids is 2. The van der Waals surface area contributed by atoms with E-state index in [0.29, 0.717) is 19.3 Å². The fraction of sp³-hybridized carbons (Fsp3) is 0.792. The number of likely N-dealkylation sites (N-methyl/N-ethyl adjacent to an activating group) is 1. The number of hydrogen-bond acceptors (Lipinski definition) is 6. The molecule has 0 rings (SSSR count). The van der Waals surface area contributed by atoms with Crippen LogP contribution in [0.2, 0.25) is 0 Å². The number of carboxylic acids is 1. The highest BCUT2D eigenvalue weighted by atomic mass is 16.6. The van der Waals surface area contributed by atoms with Crippen molar-refractivity contribution in [2.75, 3.05) is 41.0 Å². The Kier molecular flexibility index (Phi) is 42.0. The van der Waals surface area contributed by atoms with E-state index in [9.17, 15) is 19.5 Å². The summed E-state index contributed by atoms with van der Waals surface area (Å²) in [6, 6.07) is -0.618. The molecule has 8 heteroatoms. The average Bonchev–Trinajstić information content (AvgIpc) is 3.22. The molecule has 0 aliphatic rings. The van der Waals surface area contributed by atoms with Gasteiger partial charge in [-0.25, -0.2) is 4.79 Å². The molecule has 2 atom stereocenters. The highest BCUT2D eigenvalue weighted by Crippen LogP contribution is 2.15. The average molecular weight is 859 g/mol. The molecule has 354 valence electrons. The van der Waals surface area contributed by atoms with Gasteiger partial charge in [0.05, 0.1) is 34.4 Å². The minimum absolute atomic E-state index is 0.0550. The van der Waals surface area contributed by atoms with Crippen molar-refractivity contribution >= 4 is 17.9 Å². The molecule has 0 amide bonds. The van der Waals surface area contributed by atoms with Crippen LogP contribution in [0.1, 0.15) is 219 Å². The van der Waals surface area contributed by atoms with E-state index in [1.165, 1.54) is 116 Å². The van der Waals surface area contributed by atoms with E-state index in [-0.39, 0.29) is 36.2 Å². The van der Waals surface area contributed by atoms with E-state index in [2.05, 4.69) is 62.5 Å². The summed E-state index contributed by atoms with van der Waals surface area (Å²) < 4.78 is 17.3. The third kappa shape index (κ3) is 42.4. The Morgan fingerprint density at radius 2 is 0.918 bits per heavy atom. The normalized spacial score (nSPS) is 13.3. The van der Waals surface area contributed by atoms with Crippen molar-refractivity contribution in [1.82, 2.24) is 0 Å². The third-order valence-corrected chi connectivity index (χ3v) is 11.2. The van der Waals surface area contributed by atoms with Gasteiger partial charge in [-0.15, -0.1) is 0 Å². The van der Waals surface area contributed by atoms with Crippen LogP contribution in [0.3, 0.4) is 0 Å². The van der Waals surface area contributed by atoms with Gasteiger partial charge >= 0.3 is 17.9 Å². The number of nitrogens with zero attached hydrogens (tertiary/aromatic N) is 1. The predicted molar refractivity (Wildman–Crippen MR) is 257 cm³/mol. The molecule has 0 fully saturated rings. The zero-order valence-corrected chi connectivity index (χ0v) is 40.4. The second-order valence-electron chi connectivity index (χ2n) is 18.0. The van der Waals surface area contributed by atoms with Crippen molar-refractivity contribution in [2.45, 2.75) is 231 Å². The van der Waals surface area contributed by atoms with E-state index in [4.69, 9.17) is 14.2 Å². The van der Waals surface area contributed by atoms with Crippen LogP contribution in [-0.2, 0) is 28.6 Å². The number of aliphatic carboxylic acids is 1. The topological polar surface area (TPSA) is 99.1 Å². The predicted octanol–water partition coefficient (Wildman–Crippen LogP) is 14.4. The summed E-state index contributed by atoms with van der Waals surface area (Å²) in [5.41, 5.74) is 0. The first-order valence-corrected chi connectivity index (χ1v) is 25.2. The maximum absolute atomic E-state index is 12.8. The minimum Gasteiger partial charge on any atom is -0.477 e. The highest BCUT2D eigenvalue weighted by Gasteiger charge is 2.31. The second-order valence-corrected chi connectivity index (χ2v) is 18.0. The summed E-state index contributed by atoms with van der Waals surface area (Å²) in [4.78, 5) is 37.1. The van der Waals surface area contributed by atoms with Crippen LogP contribution in [0.4, 0.5) is 0 Å². The van der Waals surface area contributed by atoms with Gasteiger partial charge < -0.3 is 23.8 Å². The van der Waals surface area contributed by atoms with E-state index in [1.807, 2.05) is 21.1 Å². The van der Waals surface area contributed by atoms with Gasteiger partial charge in [-0.3, -0.25) is 9.59 Å². The standard InChI is InChI=1S/C53H95NO7/c1-6-8-10-12-14-16-18-20-22-23-24-25-26-27-28-29-30-32-34-36-38-40-42-44-52(56)61-49(47-59-46-45-50(53(57)58)54(3,4)5)48-60-51(55)43-41-39-37-35-33-31-21-19-17-15-13-11-9-7-2/h9,11,15,17,24-25,27-28,49-50H,6-8,10,12-14,16,18-23,26,29-48H2,1-5H3/p+1/b11-9+,17-15+,25-24+,28-27+. The molecule has 0 bridgehead atoms. The van der Waals surface area contributed by atoms with Crippen LogP contribution in [-0.4, -0.2) is 80.6 Å². The van der Waals surface area contributed by atoms with Crippen LogP contribution in [0.15, 0.2) is 48.6 Å². The summed E-state index contributed by atoms with van der Waals surface area (Å²) in [7, 11) is 5.53. The number of quaternary nitrogens is 1. The Morgan fingerprint density at radius 3 is 1.34 bits per heavy atom. The number of hydrogen-bond donors (Lipinski definition) is 1. The van der Waals surface area contributed by atoms with Crippen LogP contribution in [0, 0.1) is 0 Å². The SMILES string of the molecule is CC/C=C/C/C=C/CCCCCCCCCC(=O)OCC(COCCC(C(=O)O)[N+](C)(C)C)OC(=O)CCCCCCCCC/C=C/C/C=C/CCCCCCCCCCC. The van der Waals surface area contributed by atoms with Gasteiger partial charge in [0.25, 0.3) is 0 Å². The van der Waals surface area contributed by atoms with Gasteiger partial charge in [-0.05, 0) is 70.6 Å². The lowest BCUT2D eigenvalue weighted by atomic mass is 10.1. The number of rotatable bonds is 45. The molecular formula is C53H96NO7+. The second kappa shape index (κ2) is 43.9. The van der Waals surface area contributed by atoms with Crippen molar-refractivity contribution in [2.24, 2.45) is 0 Å². The van der Waals surface area contributed by atoms with Crippen LogP contribution in [0.25, 0.3) is 0 Å². The van der Waals surface area contributed by atoms with Crippen molar-refractivity contribution in [3.05, 3.63) is 48.6 Å². The molecule has 0 aromatic carbocycles. The van der Waals surface area contributed by atoms with Crippen molar-refractivity contribution < 1.29 is 38.2 Å². The summed E-state index contributed by atoms with van der Waals surface area (Å²) >= 11 is 0. The van der Waals surface area contributed by atoms with Crippen molar-refractivity contribution in [3.8, 4) is 0 Å². The number of esters is 2. The Hall–Kier alpha value is -2.71. The molecule has 0 aromatic rings. The Labute approximate surface area is 376 Å². The Bertz CT molecular complexity index is 1140. The number of allylic oxidation sites excluding steroid dienone is 8. The zero-order valence-electron chi connectivity index (χ0n) is 40.4. The molecule has 1 N–H and O–H groups in total. The molecule has 2 unspecified atom stereocenters. The van der Waals surface area contributed by atoms with Gasteiger partial charge in [0.15, 0.2) is 12.1 Å². The lowest BCUT2D eigenvalue weighted by Gasteiger charge is -2.31. The monoisotopic (exact) mass is 859 g/mol. The molecule has 0 saturated heterocycles. The molecule has 0 saturated carbocycles. The first-order valence-electron chi connectivity index (χ1n) is 25.2. The Morgan fingerprint density at radius 1 is 0.508 bits per heavy atom. The van der Waals surface area contributed by atoms with Crippen molar-refractivity contribution in [1.29, 1.82) is 0 Å². The maximum atomic E-state index is 12.8. The quantitative estimate of drug-likeness (QED) is 0.0282. The third-order valence-electron chi connectivity index (χ3n) is 11.2. The van der Waals surface area contributed by atoms with Gasteiger partial charge in [0, 0.05) is 19.3 Å². The van der Waals surface area contributed by atoms with Gasteiger partial charge in [-0.1, -0.05) is 178 Å². The first kappa shape index (κ1) is 58.3. The molecule has 0 heterocycles. The summed E-state index contributed by atoms with van der Waals surface area (Å²) in [6.45, 7) is 4.63. The zero-order chi connectivity index (χ0) is 44.9. The van der Waals surface area contributed by atoms with E-state index in [1.54, 1.807) is 0 Å². The van der Waals surface area contributed by atoms with Crippen LogP contribution in [0.5, 0.6) is 0 Å². The van der Waals surface area contributed by atoms with E-state index < -0.39 is 18.1 Å². The van der Waals surface area contributed by atoms with Crippen LogP contribution < -0.4 is 0 Å². The smallest absolute Gasteiger partial charge is 0.362 e. The first-order chi connectivity index (χ1) is 29.6. The summed E-state index contributed by atoms with van der Waals surface area (Å²) in [6.07, 6.45) is 53.1.